The highest BCUT2D eigenvalue weighted by atomic mass is 16.5. The molecule has 0 heterocycles. The molecular formula is C12H26N2O. The lowest BCUT2D eigenvalue weighted by Gasteiger charge is -2.44. The van der Waals surface area contributed by atoms with Crippen LogP contribution in [0.3, 0.4) is 0 Å². The van der Waals surface area contributed by atoms with Crippen molar-refractivity contribution in [3.63, 3.8) is 0 Å². The van der Waals surface area contributed by atoms with E-state index in [1.165, 1.54) is 12.8 Å². The summed E-state index contributed by atoms with van der Waals surface area (Å²) in [5.74, 6) is 0.660. The van der Waals surface area contributed by atoms with E-state index in [1.807, 2.05) is 0 Å². The number of rotatable bonds is 5. The first-order chi connectivity index (χ1) is 7.14. The van der Waals surface area contributed by atoms with Gasteiger partial charge in [-0.3, -0.25) is 0 Å². The van der Waals surface area contributed by atoms with Crippen LogP contribution < -0.4 is 11.1 Å². The van der Waals surface area contributed by atoms with Crippen molar-refractivity contribution in [2.75, 3.05) is 20.2 Å². The fraction of sp³-hybridized carbons (Fsp3) is 1.00. The van der Waals surface area contributed by atoms with Gasteiger partial charge in [-0.2, -0.15) is 0 Å². The van der Waals surface area contributed by atoms with Gasteiger partial charge in [0.05, 0.1) is 11.6 Å². The summed E-state index contributed by atoms with van der Waals surface area (Å²) in [6.07, 6.45) is 5.11. The zero-order chi connectivity index (χ0) is 11.3. The highest BCUT2D eigenvalue weighted by molar-refractivity contribution is 4.99. The van der Waals surface area contributed by atoms with E-state index in [9.17, 15) is 0 Å². The SMILES string of the molecule is COC1CCCCC1(CN)NCC(C)C. The summed E-state index contributed by atoms with van der Waals surface area (Å²) < 4.78 is 5.59. The Hall–Kier alpha value is -0.120. The van der Waals surface area contributed by atoms with Crippen molar-refractivity contribution in [3.05, 3.63) is 0 Å². The number of hydrogen-bond acceptors (Lipinski definition) is 3. The van der Waals surface area contributed by atoms with Crippen molar-refractivity contribution >= 4 is 0 Å². The van der Waals surface area contributed by atoms with Gasteiger partial charge in [0.2, 0.25) is 0 Å². The van der Waals surface area contributed by atoms with Crippen LogP contribution in [0.1, 0.15) is 39.5 Å². The summed E-state index contributed by atoms with van der Waals surface area (Å²) in [5, 5.41) is 3.64. The van der Waals surface area contributed by atoms with Crippen molar-refractivity contribution in [2.24, 2.45) is 11.7 Å². The first kappa shape index (κ1) is 12.9. The number of nitrogens with two attached hydrogens (primary N) is 1. The molecule has 1 aliphatic rings. The van der Waals surface area contributed by atoms with E-state index in [0.717, 1.165) is 19.4 Å². The molecule has 0 amide bonds. The summed E-state index contributed by atoms with van der Waals surface area (Å²) in [5.41, 5.74) is 5.97. The molecule has 1 aliphatic carbocycles. The lowest BCUT2D eigenvalue weighted by atomic mass is 9.78. The lowest BCUT2D eigenvalue weighted by molar-refractivity contribution is -0.00953. The van der Waals surface area contributed by atoms with Crippen LogP contribution in [-0.2, 0) is 4.74 Å². The van der Waals surface area contributed by atoms with Crippen LogP contribution in [0.4, 0.5) is 0 Å². The second kappa shape index (κ2) is 5.83. The van der Waals surface area contributed by atoms with Crippen LogP contribution >= 0.6 is 0 Å². The highest BCUT2D eigenvalue weighted by Crippen LogP contribution is 2.29. The van der Waals surface area contributed by atoms with Crippen LogP contribution in [0, 0.1) is 5.92 Å². The zero-order valence-electron chi connectivity index (χ0n) is 10.4. The van der Waals surface area contributed by atoms with E-state index in [4.69, 9.17) is 10.5 Å². The van der Waals surface area contributed by atoms with E-state index in [-0.39, 0.29) is 11.6 Å². The molecule has 2 atom stereocenters. The normalized spacial score (nSPS) is 32.2. The molecule has 1 rings (SSSR count). The Labute approximate surface area is 93.8 Å². The molecule has 0 aromatic heterocycles. The van der Waals surface area contributed by atoms with Crippen LogP contribution in [-0.4, -0.2) is 31.8 Å². The van der Waals surface area contributed by atoms with Gasteiger partial charge in [0, 0.05) is 13.7 Å². The van der Waals surface area contributed by atoms with Crippen molar-refractivity contribution in [1.29, 1.82) is 0 Å². The molecule has 0 aromatic rings. The van der Waals surface area contributed by atoms with Crippen LogP contribution in [0.15, 0.2) is 0 Å². The predicted molar refractivity (Wildman–Crippen MR) is 63.9 cm³/mol. The van der Waals surface area contributed by atoms with Gasteiger partial charge >= 0.3 is 0 Å². The second-order valence-electron chi connectivity index (χ2n) is 5.11. The molecule has 1 saturated carbocycles. The van der Waals surface area contributed by atoms with Gasteiger partial charge in [-0.15, -0.1) is 0 Å². The van der Waals surface area contributed by atoms with Gasteiger partial charge in [0.25, 0.3) is 0 Å². The molecular weight excluding hydrogens is 188 g/mol. The van der Waals surface area contributed by atoms with E-state index in [0.29, 0.717) is 12.5 Å². The monoisotopic (exact) mass is 214 g/mol. The first-order valence-electron chi connectivity index (χ1n) is 6.12. The van der Waals surface area contributed by atoms with E-state index in [1.54, 1.807) is 7.11 Å². The molecule has 15 heavy (non-hydrogen) atoms. The van der Waals surface area contributed by atoms with Gasteiger partial charge in [-0.25, -0.2) is 0 Å². The van der Waals surface area contributed by atoms with E-state index in [2.05, 4.69) is 19.2 Å². The van der Waals surface area contributed by atoms with Crippen molar-refractivity contribution in [2.45, 2.75) is 51.2 Å². The standard InChI is InChI=1S/C12H26N2O/c1-10(2)8-14-12(9-13)7-5-4-6-11(12)15-3/h10-11,14H,4-9,13H2,1-3H3. The Balaban J connectivity index is 2.61. The maximum absolute atomic E-state index is 5.95. The molecule has 3 N–H and O–H groups in total. The second-order valence-corrected chi connectivity index (χ2v) is 5.11. The largest absolute Gasteiger partial charge is 0.379 e. The minimum Gasteiger partial charge on any atom is -0.379 e. The minimum absolute atomic E-state index is 0.0251. The van der Waals surface area contributed by atoms with Gasteiger partial charge in [0.1, 0.15) is 0 Å². The highest BCUT2D eigenvalue weighted by Gasteiger charge is 2.39. The number of methoxy groups -OCH3 is 1. The number of nitrogens with one attached hydrogen (secondary N) is 1. The smallest absolute Gasteiger partial charge is 0.0765 e. The third-order valence-electron chi connectivity index (χ3n) is 3.47. The summed E-state index contributed by atoms with van der Waals surface area (Å²) in [4.78, 5) is 0. The van der Waals surface area contributed by atoms with Gasteiger partial charge in [0.15, 0.2) is 0 Å². The molecule has 0 radical (unpaired) electrons. The topological polar surface area (TPSA) is 47.3 Å². The molecule has 0 aliphatic heterocycles. The number of ether oxygens (including phenoxy) is 1. The van der Waals surface area contributed by atoms with Crippen molar-refractivity contribution in [3.8, 4) is 0 Å². The van der Waals surface area contributed by atoms with Gasteiger partial charge in [-0.05, 0) is 25.3 Å². The van der Waals surface area contributed by atoms with Crippen molar-refractivity contribution in [1.82, 2.24) is 5.32 Å². The maximum Gasteiger partial charge on any atom is 0.0765 e. The molecule has 2 unspecified atom stereocenters. The van der Waals surface area contributed by atoms with Gasteiger partial charge < -0.3 is 15.8 Å². The quantitative estimate of drug-likeness (QED) is 0.729. The molecule has 0 aromatic carbocycles. The van der Waals surface area contributed by atoms with Crippen LogP contribution in [0.5, 0.6) is 0 Å². The maximum atomic E-state index is 5.95. The third kappa shape index (κ3) is 3.16. The lowest BCUT2D eigenvalue weighted by Crippen LogP contribution is -2.62. The summed E-state index contributed by atoms with van der Waals surface area (Å²) in [7, 11) is 1.80. The van der Waals surface area contributed by atoms with Crippen LogP contribution in [0.25, 0.3) is 0 Å². The fourth-order valence-electron chi connectivity index (χ4n) is 2.47. The average molecular weight is 214 g/mol. The zero-order valence-corrected chi connectivity index (χ0v) is 10.4. The Morgan fingerprint density at radius 3 is 2.73 bits per heavy atom. The molecule has 0 bridgehead atoms. The Kier molecular flexibility index (Phi) is 5.03. The molecule has 0 saturated heterocycles. The molecule has 90 valence electrons. The molecule has 0 spiro atoms. The third-order valence-corrected chi connectivity index (χ3v) is 3.47. The van der Waals surface area contributed by atoms with E-state index < -0.39 is 0 Å². The summed E-state index contributed by atoms with van der Waals surface area (Å²) >= 11 is 0. The summed E-state index contributed by atoms with van der Waals surface area (Å²) in [6, 6.07) is 0. The summed E-state index contributed by atoms with van der Waals surface area (Å²) in [6.45, 7) is 6.15. The Morgan fingerprint density at radius 2 is 2.20 bits per heavy atom. The van der Waals surface area contributed by atoms with Crippen molar-refractivity contribution < 1.29 is 4.74 Å². The average Bonchev–Trinajstić information content (AvgIpc) is 2.26. The molecule has 3 nitrogen and oxygen atoms in total. The molecule has 1 fully saturated rings. The fourth-order valence-corrected chi connectivity index (χ4v) is 2.47. The van der Waals surface area contributed by atoms with Crippen LogP contribution in [0.2, 0.25) is 0 Å². The van der Waals surface area contributed by atoms with Gasteiger partial charge in [-0.1, -0.05) is 26.7 Å². The Morgan fingerprint density at radius 1 is 1.47 bits per heavy atom. The minimum atomic E-state index is 0.0251. The molecule has 3 heteroatoms. The number of hydrogen-bond donors (Lipinski definition) is 2. The Bertz CT molecular complexity index is 184. The predicted octanol–water partition coefficient (Wildman–Crippen LogP) is 1.52. The first-order valence-corrected chi connectivity index (χ1v) is 6.12. The van der Waals surface area contributed by atoms with E-state index >= 15 is 0 Å².